The number of piperidine rings is 1. The molecule has 1 fully saturated rings. The lowest BCUT2D eigenvalue weighted by Gasteiger charge is -2.31. The van der Waals surface area contributed by atoms with Gasteiger partial charge in [-0.3, -0.25) is 0 Å². The molecule has 0 unspecified atom stereocenters. The highest BCUT2D eigenvalue weighted by molar-refractivity contribution is 7.92. The number of thiazole rings is 1. The van der Waals surface area contributed by atoms with Crippen LogP contribution < -0.4 is 14.4 Å². The van der Waals surface area contributed by atoms with Gasteiger partial charge < -0.3 is 14.4 Å². The highest BCUT2D eigenvalue weighted by Gasteiger charge is 2.34. The average Bonchev–Trinajstić information content (AvgIpc) is 3.29. The van der Waals surface area contributed by atoms with Crippen molar-refractivity contribution in [2.75, 3.05) is 32.2 Å². The van der Waals surface area contributed by atoms with Crippen LogP contribution in [-0.4, -0.2) is 46.0 Å². The molecule has 31 heavy (non-hydrogen) atoms. The summed E-state index contributed by atoms with van der Waals surface area (Å²) in [5.74, 6) is 0.875. The first-order chi connectivity index (χ1) is 14.9. The third kappa shape index (κ3) is 4.51. The Morgan fingerprint density at radius 1 is 1.06 bits per heavy atom. The number of benzene rings is 2. The van der Waals surface area contributed by atoms with Crippen LogP contribution in [0.5, 0.6) is 11.5 Å². The summed E-state index contributed by atoms with van der Waals surface area (Å²) in [4.78, 5) is 7.11. The monoisotopic (exact) mass is 478 g/mol. The van der Waals surface area contributed by atoms with E-state index in [1.54, 1.807) is 29.5 Å². The van der Waals surface area contributed by atoms with E-state index in [2.05, 4.69) is 4.90 Å². The lowest BCUT2D eigenvalue weighted by Crippen LogP contribution is -2.39. The van der Waals surface area contributed by atoms with E-state index in [1.165, 1.54) is 14.2 Å². The van der Waals surface area contributed by atoms with Crippen LogP contribution in [0.25, 0.3) is 11.3 Å². The number of hydrogen-bond donors (Lipinski definition) is 0. The quantitative estimate of drug-likeness (QED) is 0.500. The Bertz CT molecular complexity index is 1150. The maximum Gasteiger partial charge on any atom is 0.185 e. The molecule has 2 heterocycles. The Morgan fingerprint density at radius 3 is 2.42 bits per heavy atom. The number of nitrogens with zero attached hydrogens (tertiary/aromatic N) is 2. The first-order valence-corrected chi connectivity index (χ1v) is 12.6. The predicted octanol–water partition coefficient (Wildman–Crippen LogP) is 4.92. The standard InChI is InChI=1S/C22H23ClN2O4S2/c1-28-17-7-8-21(20(13-17)29-2)31(26,27)18-9-11-25(12-10-18)22-24-19(14-30-22)15-3-5-16(23)6-4-15/h3-8,13-14,18H,9-12H2,1-2H3. The largest absolute Gasteiger partial charge is 0.497 e. The Hall–Kier alpha value is -2.29. The first-order valence-electron chi connectivity index (χ1n) is 9.84. The van der Waals surface area contributed by atoms with Gasteiger partial charge in [0, 0.05) is 35.1 Å². The molecule has 1 aromatic heterocycles. The van der Waals surface area contributed by atoms with Crippen LogP contribution in [0.15, 0.2) is 52.7 Å². The molecule has 164 valence electrons. The summed E-state index contributed by atoms with van der Waals surface area (Å²) in [5, 5.41) is 3.16. The second-order valence-electron chi connectivity index (χ2n) is 7.27. The number of anilines is 1. The summed E-state index contributed by atoms with van der Waals surface area (Å²) < 4.78 is 37.0. The summed E-state index contributed by atoms with van der Waals surface area (Å²) >= 11 is 7.53. The van der Waals surface area contributed by atoms with Gasteiger partial charge in [0.2, 0.25) is 0 Å². The van der Waals surface area contributed by atoms with Crippen LogP contribution in [0.3, 0.4) is 0 Å². The molecular weight excluding hydrogens is 456 g/mol. The molecule has 0 saturated carbocycles. The number of halogens is 1. The van der Waals surface area contributed by atoms with Gasteiger partial charge in [-0.15, -0.1) is 11.3 Å². The second-order valence-corrected chi connectivity index (χ2v) is 10.7. The molecule has 1 aliphatic heterocycles. The minimum absolute atomic E-state index is 0.216. The van der Waals surface area contributed by atoms with Gasteiger partial charge in [-0.1, -0.05) is 23.7 Å². The molecule has 1 saturated heterocycles. The van der Waals surface area contributed by atoms with Crippen LogP contribution >= 0.6 is 22.9 Å². The first kappa shape index (κ1) is 21.9. The van der Waals surface area contributed by atoms with E-state index in [9.17, 15) is 8.42 Å². The van der Waals surface area contributed by atoms with Gasteiger partial charge in [0.25, 0.3) is 0 Å². The summed E-state index contributed by atoms with van der Waals surface area (Å²) in [5.41, 5.74) is 1.91. The van der Waals surface area contributed by atoms with E-state index in [0.717, 1.165) is 16.4 Å². The maximum atomic E-state index is 13.3. The lowest BCUT2D eigenvalue weighted by molar-refractivity contribution is 0.385. The molecule has 0 amide bonds. The summed E-state index contributed by atoms with van der Waals surface area (Å²) in [6.07, 6.45) is 1.07. The summed E-state index contributed by atoms with van der Waals surface area (Å²) in [6.45, 7) is 1.27. The van der Waals surface area contributed by atoms with Crippen molar-refractivity contribution in [2.24, 2.45) is 0 Å². The van der Waals surface area contributed by atoms with Crippen LogP contribution in [-0.2, 0) is 9.84 Å². The topological polar surface area (TPSA) is 68.7 Å². The van der Waals surface area contributed by atoms with E-state index in [4.69, 9.17) is 26.1 Å². The molecule has 0 N–H and O–H groups in total. The number of hydrogen-bond acceptors (Lipinski definition) is 7. The molecular formula is C22H23ClN2O4S2. The van der Waals surface area contributed by atoms with E-state index in [0.29, 0.717) is 42.5 Å². The van der Waals surface area contributed by atoms with Crippen molar-refractivity contribution >= 4 is 37.9 Å². The predicted molar refractivity (Wildman–Crippen MR) is 125 cm³/mol. The van der Waals surface area contributed by atoms with Crippen molar-refractivity contribution in [3.8, 4) is 22.8 Å². The van der Waals surface area contributed by atoms with E-state index < -0.39 is 15.1 Å². The second kappa shape index (κ2) is 9.06. The molecule has 2 aromatic carbocycles. The Morgan fingerprint density at radius 2 is 1.77 bits per heavy atom. The number of ether oxygens (including phenoxy) is 2. The number of sulfone groups is 1. The van der Waals surface area contributed by atoms with Crippen LogP contribution in [0.2, 0.25) is 5.02 Å². The van der Waals surface area contributed by atoms with Crippen molar-refractivity contribution in [3.63, 3.8) is 0 Å². The highest BCUT2D eigenvalue weighted by Crippen LogP contribution is 2.35. The molecule has 0 atom stereocenters. The number of rotatable bonds is 6. The average molecular weight is 479 g/mol. The lowest BCUT2D eigenvalue weighted by atomic mass is 10.1. The molecule has 4 rings (SSSR count). The zero-order chi connectivity index (χ0) is 22.0. The fraction of sp³-hybridized carbons (Fsp3) is 0.318. The Balaban J connectivity index is 1.47. The third-order valence-electron chi connectivity index (χ3n) is 5.46. The van der Waals surface area contributed by atoms with Gasteiger partial charge in [-0.05, 0) is 37.1 Å². The number of aromatic nitrogens is 1. The molecule has 0 bridgehead atoms. The fourth-order valence-corrected chi connectivity index (χ4v) is 6.60. The van der Waals surface area contributed by atoms with Crippen LogP contribution in [0.4, 0.5) is 5.13 Å². The minimum Gasteiger partial charge on any atom is -0.497 e. The Labute approximate surface area is 191 Å². The zero-order valence-electron chi connectivity index (χ0n) is 17.2. The van der Waals surface area contributed by atoms with Gasteiger partial charge in [0.05, 0.1) is 25.2 Å². The zero-order valence-corrected chi connectivity index (χ0v) is 19.6. The van der Waals surface area contributed by atoms with Crippen LogP contribution in [0.1, 0.15) is 12.8 Å². The Kier molecular flexibility index (Phi) is 6.41. The van der Waals surface area contributed by atoms with Crippen LogP contribution in [0, 0.1) is 0 Å². The summed E-state index contributed by atoms with van der Waals surface area (Å²) in [7, 11) is -0.507. The van der Waals surface area contributed by atoms with Gasteiger partial charge in [-0.25, -0.2) is 13.4 Å². The van der Waals surface area contributed by atoms with Crippen molar-refractivity contribution < 1.29 is 17.9 Å². The summed E-state index contributed by atoms with van der Waals surface area (Å²) in [6, 6.07) is 12.4. The fourth-order valence-electron chi connectivity index (χ4n) is 3.71. The molecule has 6 nitrogen and oxygen atoms in total. The molecule has 9 heteroatoms. The molecule has 0 aliphatic carbocycles. The SMILES string of the molecule is COc1ccc(S(=O)(=O)C2CCN(c3nc(-c4ccc(Cl)cc4)cs3)CC2)c(OC)c1. The number of methoxy groups -OCH3 is 2. The van der Waals surface area contributed by atoms with Gasteiger partial charge in [0.1, 0.15) is 16.4 Å². The normalized spacial score (nSPS) is 15.1. The molecule has 1 aliphatic rings. The maximum absolute atomic E-state index is 13.3. The van der Waals surface area contributed by atoms with Gasteiger partial charge in [-0.2, -0.15) is 0 Å². The molecule has 3 aromatic rings. The van der Waals surface area contributed by atoms with Crippen molar-refractivity contribution in [1.29, 1.82) is 0 Å². The van der Waals surface area contributed by atoms with Crippen molar-refractivity contribution in [1.82, 2.24) is 4.98 Å². The third-order valence-corrected chi connectivity index (χ3v) is 8.91. The molecule has 0 radical (unpaired) electrons. The van der Waals surface area contributed by atoms with Crippen molar-refractivity contribution in [2.45, 2.75) is 23.0 Å². The van der Waals surface area contributed by atoms with Gasteiger partial charge in [0.15, 0.2) is 15.0 Å². The smallest absolute Gasteiger partial charge is 0.185 e. The minimum atomic E-state index is -3.51. The van der Waals surface area contributed by atoms with Gasteiger partial charge >= 0.3 is 0 Å². The highest BCUT2D eigenvalue weighted by atomic mass is 35.5. The van der Waals surface area contributed by atoms with Crippen molar-refractivity contribution in [3.05, 3.63) is 52.9 Å². The van der Waals surface area contributed by atoms with E-state index in [-0.39, 0.29) is 4.90 Å². The van der Waals surface area contributed by atoms with E-state index in [1.807, 2.05) is 29.6 Å². The van der Waals surface area contributed by atoms with E-state index >= 15 is 0 Å². The molecule has 0 spiro atoms.